The van der Waals surface area contributed by atoms with Crippen LogP contribution in [0.2, 0.25) is 0 Å². The molecule has 1 aliphatic rings. The molecule has 19 heavy (non-hydrogen) atoms. The van der Waals surface area contributed by atoms with Gasteiger partial charge < -0.3 is 20.6 Å². The average Bonchev–Trinajstić information content (AvgIpc) is 2.39. The maximum Gasteiger partial charge on any atom is 0.407 e. The molecule has 3 N–H and O–H groups in total. The van der Waals surface area contributed by atoms with E-state index in [1.54, 1.807) is 0 Å². The van der Waals surface area contributed by atoms with E-state index >= 15 is 0 Å². The molecule has 104 valence electrons. The molecule has 0 radical (unpaired) electrons. The highest BCUT2D eigenvalue weighted by molar-refractivity contribution is 5.65. The molecule has 1 fully saturated rings. The zero-order valence-electron chi connectivity index (χ0n) is 11.5. The van der Waals surface area contributed by atoms with Crippen LogP contribution in [0.5, 0.6) is 0 Å². The largest absolute Gasteiger partial charge is 0.465 e. The topological polar surface area (TPSA) is 69.8 Å². The van der Waals surface area contributed by atoms with Gasteiger partial charge in [0.1, 0.15) is 0 Å². The smallest absolute Gasteiger partial charge is 0.407 e. The van der Waals surface area contributed by atoms with Crippen molar-refractivity contribution in [3.05, 3.63) is 24.3 Å². The van der Waals surface area contributed by atoms with E-state index < -0.39 is 6.09 Å². The van der Waals surface area contributed by atoms with E-state index in [1.165, 1.54) is 4.90 Å². The number of amides is 1. The number of carbonyl (C=O) groups is 1. The van der Waals surface area contributed by atoms with Crippen molar-refractivity contribution < 1.29 is 9.90 Å². The molecule has 0 saturated carbocycles. The second-order valence-electron chi connectivity index (χ2n) is 5.42. The first-order valence-electron chi connectivity index (χ1n) is 6.50. The van der Waals surface area contributed by atoms with E-state index in [1.807, 2.05) is 24.3 Å². The van der Waals surface area contributed by atoms with Crippen LogP contribution in [0.15, 0.2) is 24.3 Å². The molecule has 1 amide bonds. The van der Waals surface area contributed by atoms with Gasteiger partial charge in [-0.1, -0.05) is 0 Å². The van der Waals surface area contributed by atoms with Crippen LogP contribution in [0, 0.1) is 0 Å². The van der Waals surface area contributed by atoms with Crippen molar-refractivity contribution in [3.8, 4) is 0 Å². The Balaban J connectivity index is 2.08. The average molecular weight is 263 g/mol. The third kappa shape index (κ3) is 2.75. The van der Waals surface area contributed by atoms with Crippen molar-refractivity contribution in [2.75, 3.05) is 30.8 Å². The maximum absolute atomic E-state index is 10.9. The van der Waals surface area contributed by atoms with Crippen LogP contribution >= 0.6 is 0 Å². The maximum atomic E-state index is 10.9. The number of benzene rings is 1. The molecule has 1 aromatic rings. The van der Waals surface area contributed by atoms with Crippen LogP contribution in [0.4, 0.5) is 16.2 Å². The first-order valence-corrected chi connectivity index (χ1v) is 6.50. The number of anilines is 2. The van der Waals surface area contributed by atoms with Crippen LogP contribution in [0.3, 0.4) is 0 Å². The molecule has 5 nitrogen and oxygen atoms in total. The quantitative estimate of drug-likeness (QED) is 0.803. The van der Waals surface area contributed by atoms with Crippen molar-refractivity contribution in [1.29, 1.82) is 0 Å². The van der Waals surface area contributed by atoms with Crippen LogP contribution in [0.25, 0.3) is 0 Å². The van der Waals surface area contributed by atoms with Gasteiger partial charge in [0, 0.05) is 37.1 Å². The summed E-state index contributed by atoms with van der Waals surface area (Å²) in [4.78, 5) is 14.7. The fourth-order valence-corrected chi connectivity index (χ4v) is 2.52. The molecule has 0 aromatic heterocycles. The summed E-state index contributed by atoms with van der Waals surface area (Å²) < 4.78 is 0. The number of hydrogen-bond acceptors (Lipinski definition) is 3. The van der Waals surface area contributed by atoms with Gasteiger partial charge in [-0.25, -0.2) is 4.79 Å². The predicted octanol–water partition coefficient (Wildman–Crippen LogP) is 2.24. The minimum Gasteiger partial charge on any atom is -0.465 e. The second-order valence-corrected chi connectivity index (χ2v) is 5.42. The van der Waals surface area contributed by atoms with Crippen LogP contribution in [-0.2, 0) is 0 Å². The fraction of sp³-hybridized carbons (Fsp3) is 0.500. The lowest BCUT2D eigenvalue weighted by atomic mass is 9.87. The van der Waals surface area contributed by atoms with Crippen molar-refractivity contribution in [2.45, 2.75) is 25.3 Å². The molecular weight excluding hydrogens is 242 g/mol. The highest BCUT2D eigenvalue weighted by Gasteiger charge is 2.35. The second kappa shape index (κ2) is 4.99. The van der Waals surface area contributed by atoms with Gasteiger partial charge in [-0.2, -0.15) is 0 Å². The van der Waals surface area contributed by atoms with Crippen molar-refractivity contribution in [1.82, 2.24) is 4.90 Å². The molecule has 0 unspecified atom stereocenters. The molecule has 0 bridgehead atoms. The molecule has 1 aliphatic heterocycles. The van der Waals surface area contributed by atoms with Gasteiger partial charge in [-0.15, -0.1) is 0 Å². The van der Waals surface area contributed by atoms with E-state index in [0.29, 0.717) is 13.1 Å². The lowest BCUT2D eigenvalue weighted by molar-refractivity contribution is 0.120. The summed E-state index contributed by atoms with van der Waals surface area (Å²) in [5, 5.41) is 8.99. The van der Waals surface area contributed by atoms with Gasteiger partial charge in [0.15, 0.2) is 0 Å². The Kier molecular flexibility index (Phi) is 3.55. The van der Waals surface area contributed by atoms with E-state index in [9.17, 15) is 4.79 Å². The summed E-state index contributed by atoms with van der Waals surface area (Å²) in [6.07, 6.45) is 0.845. The van der Waals surface area contributed by atoms with Crippen LogP contribution in [-0.4, -0.2) is 41.8 Å². The van der Waals surface area contributed by atoms with Crippen LogP contribution < -0.4 is 10.6 Å². The summed E-state index contributed by atoms with van der Waals surface area (Å²) in [7, 11) is 2.06. The van der Waals surface area contributed by atoms with Gasteiger partial charge in [0.05, 0.1) is 0 Å². The summed E-state index contributed by atoms with van der Waals surface area (Å²) in [6, 6.07) is 7.79. The van der Waals surface area contributed by atoms with Crippen molar-refractivity contribution in [3.63, 3.8) is 0 Å². The molecule has 2 rings (SSSR count). The van der Waals surface area contributed by atoms with Gasteiger partial charge in [-0.05, 0) is 44.0 Å². The predicted molar refractivity (Wildman–Crippen MR) is 76.5 cm³/mol. The Bertz CT molecular complexity index is 450. The van der Waals surface area contributed by atoms with E-state index in [4.69, 9.17) is 10.8 Å². The molecule has 5 heteroatoms. The zero-order valence-corrected chi connectivity index (χ0v) is 11.5. The van der Waals surface area contributed by atoms with Crippen molar-refractivity contribution in [2.24, 2.45) is 0 Å². The van der Waals surface area contributed by atoms with Crippen molar-refractivity contribution >= 4 is 17.5 Å². The Hall–Kier alpha value is -1.91. The number of rotatable bonds is 2. The molecule has 1 aromatic carbocycles. The lowest BCUT2D eigenvalue weighted by Gasteiger charge is -2.45. The molecule has 1 saturated heterocycles. The molecule has 0 atom stereocenters. The summed E-state index contributed by atoms with van der Waals surface area (Å²) in [5.74, 6) is 0. The Morgan fingerprint density at radius 2 is 1.84 bits per heavy atom. The van der Waals surface area contributed by atoms with Gasteiger partial charge in [0.2, 0.25) is 0 Å². The highest BCUT2D eigenvalue weighted by Crippen LogP contribution is 2.31. The SMILES string of the molecule is CN(c1ccc(N)cc1)C1(C)CCN(C(=O)O)CC1. The minimum absolute atomic E-state index is 0.0118. The Morgan fingerprint density at radius 1 is 1.32 bits per heavy atom. The number of hydrogen-bond donors (Lipinski definition) is 2. The number of nitrogens with zero attached hydrogens (tertiary/aromatic N) is 2. The lowest BCUT2D eigenvalue weighted by Crippen LogP contribution is -2.53. The van der Waals surface area contributed by atoms with E-state index in [-0.39, 0.29) is 5.54 Å². The highest BCUT2D eigenvalue weighted by atomic mass is 16.4. The first kappa shape index (κ1) is 13.5. The van der Waals surface area contributed by atoms with Gasteiger partial charge >= 0.3 is 6.09 Å². The summed E-state index contributed by atoms with van der Waals surface area (Å²) >= 11 is 0. The van der Waals surface area contributed by atoms with Gasteiger partial charge in [-0.3, -0.25) is 0 Å². The molecule has 0 spiro atoms. The fourth-order valence-electron chi connectivity index (χ4n) is 2.52. The van der Waals surface area contributed by atoms with E-state index in [0.717, 1.165) is 24.2 Å². The number of nitrogen functional groups attached to an aromatic ring is 1. The number of nitrogens with two attached hydrogens (primary N) is 1. The molecule has 0 aliphatic carbocycles. The normalized spacial score (nSPS) is 18.1. The van der Waals surface area contributed by atoms with Crippen LogP contribution in [0.1, 0.15) is 19.8 Å². The standard InChI is InChI=1S/C14H21N3O2/c1-14(7-9-17(10-8-14)13(18)19)16(2)12-5-3-11(15)4-6-12/h3-6H,7-10,15H2,1-2H3,(H,18,19). The summed E-state index contributed by atoms with van der Waals surface area (Å²) in [6.45, 7) is 3.36. The first-order chi connectivity index (χ1) is 8.92. The Labute approximate surface area is 113 Å². The molecule has 1 heterocycles. The summed E-state index contributed by atoms with van der Waals surface area (Å²) in [5.41, 5.74) is 7.55. The van der Waals surface area contributed by atoms with Gasteiger partial charge in [0.25, 0.3) is 0 Å². The molecular formula is C14H21N3O2. The minimum atomic E-state index is -0.822. The number of likely N-dealkylation sites (tertiary alicyclic amines) is 1. The number of carboxylic acid groups (broad SMARTS) is 1. The van der Waals surface area contributed by atoms with E-state index in [2.05, 4.69) is 18.9 Å². The third-order valence-corrected chi connectivity index (χ3v) is 4.20. The number of piperidine rings is 1. The Morgan fingerprint density at radius 3 is 2.32 bits per heavy atom. The third-order valence-electron chi connectivity index (χ3n) is 4.20. The zero-order chi connectivity index (χ0) is 14.0. The monoisotopic (exact) mass is 263 g/mol.